The molecule has 1 aromatic heterocycles. The van der Waals surface area contributed by atoms with Crippen LogP contribution in [0, 0.1) is 5.92 Å². The fraction of sp³-hybridized carbons (Fsp3) is 0.571. The minimum Gasteiger partial charge on any atom is -0.341 e. The average molecular weight is 326 g/mol. The Morgan fingerprint density at radius 3 is 2.84 bits per heavy atom. The van der Waals surface area contributed by atoms with Crippen LogP contribution in [0.25, 0.3) is 0 Å². The molecule has 0 radical (unpaired) electrons. The van der Waals surface area contributed by atoms with Gasteiger partial charge in [0.15, 0.2) is 0 Å². The van der Waals surface area contributed by atoms with Crippen molar-refractivity contribution in [1.82, 2.24) is 14.8 Å². The third-order valence-corrected chi connectivity index (χ3v) is 4.12. The van der Waals surface area contributed by atoms with Gasteiger partial charge < -0.3 is 9.80 Å². The van der Waals surface area contributed by atoms with Gasteiger partial charge >= 0.3 is 0 Å². The Bertz CT molecular complexity index is 444. The molecule has 0 aliphatic carbocycles. The van der Waals surface area contributed by atoms with Crippen molar-refractivity contribution < 1.29 is 4.79 Å². The van der Waals surface area contributed by atoms with Gasteiger partial charge in [-0.3, -0.25) is 4.79 Å². The number of hydrogen-bond acceptors (Lipinski definition) is 3. The molecule has 0 spiro atoms. The summed E-state index contributed by atoms with van der Waals surface area (Å²) >= 11 is 3.30. The lowest BCUT2D eigenvalue weighted by molar-refractivity contribution is 0.0747. The molecule has 1 aromatic rings. The highest BCUT2D eigenvalue weighted by molar-refractivity contribution is 9.10. The molecule has 2 rings (SSSR count). The number of carbonyl (C=O) groups is 1. The van der Waals surface area contributed by atoms with Crippen LogP contribution in [0.2, 0.25) is 0 Å². The van der Waals surface area contributed by atoms with Crippen LogP contribution in [0.4, 0.5) is 0 Å². The second kappa shape index (κ2) is 6.48. The number of nitrogens with zero attached hydrogens (tertiary/aromatic N) is 3. The van der Waals surface area contributed by atoms with Crippen molar-refractivity contribution in [2.45, 2.75) is 12.8 Å². The van der Waals surface area contributed by atoms with Gasteiger partial charge in [-0.05, 0) is 67.0 Å². The maximum absolute atomic E-state index is 12.3. The smallest absolute Gasteiger partial charge is 0.253 e. The standard InChI is InChI=1S/C14H20BrN3O/c1-17-7-4-11(5-8-17)10-18(2)14(19)12-3-6-16-13(15)9-12/h3,6,9,11H,4-5,7-8,10H2,1-2H3. The van der Waals surface area contributed by atoms with Gasteiger partial charge in [0.2, 0.25) is 0 Å². The largest absolute Gasteiger partial charge is 0.341 e. The van der Waals surface area contributed by atoms with Gasteiger partial charge in [-0.15, -0.1) is 0 Å². The van der Waals surface area contributed by atoms with Gasteiger partial charge in [-0.2, -0.15) is 0 Å². The third kappa shape index (κ3) is 4.01. The topological polar surface area (TPSA) is 36.4 Å². The summed E-state index contributed by atoms with van der Waals surface area (Å²) in [6, 6.07) is 3.53. The molecule has 0 bridgehead atoms. The molecule has 2 heterocycles. The molecule has 4 nitrogen and oxygen atoms in total. The van der Waals surface area contributed by atoms with E-state index >= 15 is 0 Å². The van der Waals surface area contributed by atoms with E-state index in [9.17, 15) is 4.79 Å². The SMILES string of the molecule is CN1CCC(CN(C)C(=O)c2ccnc(Br)c2)CC1. The maximum Gasteiger partial charge on any atom is 0.253 e. The van der Waals surface area contributed by atoms with Gasteiger partial charge in [0.05, 0.1) is 0 Å². The van der Waals surface area contributed by atoms with Crippen molar-refractivity contribution in [1.29, 1.82) is 0 Å². The zero-order valence-corrected chi connectivity index (χ0v) is 13.1. The van der Waals surface area contributed by atoms with Crippen LogP contribution in [-0.4, -0.2) is 54.4 Å². The average Bonchev–Trinajstić information content (AvgIpc) is 2.40. The number of amides is 1. The Balaban J connectivity index is 1.92. The number of hydrogen-bond donors (Lipinski definition) is 0. The third-order valence-electron chi connectivity index (χ3n) is 3.69. The highest BCUT2D eigenvalue weighted by Gasteiger charge is 2.21. The lowest BCUT2D eigenvalue weighted by Crippen LogP contribution is -2.37. The van der Waals surface area contributed by atoms with E-state index in [1.54, 1.807) is 18.3 Å². The lowest BCUT2D eigenvalue weighted by Gasteiger charge is -2.31. The van der Waals surface area contributed by atoms with E-state index in [0.29, 0.717) is 16.1 Å². The fourth-order valence-corrected chi connectivity index (χ4v) is 2.84. The van der Waals surface area contributed by atoms with E-state index in [1.807, 2.05) is 11.9 Å². The Labute approximate surface area is 122 Å². The quantitative estimate of drug-likeness (QED) is 0.800. The van der Waals surface area contributed by atoms with Gasteiger partial charge in [-0.25, -0.2) is 4.98 Å². The van der Waals surface area contributed by atoms with Crippen LogP contribution in [0.1, 0.15) is 23.2 Å². The zero-order chi connectivity index (χ0) is 13.8. The van der Waals surface area contributed by atoms with Crippen LogP contribution in [0.3, 0.4) is 0 Å². The van der Waals surface area contributed by atoms with Crippen molar-refractivity contribution in [3.8, 4) is 0 Å². The monoisotopic (exact) mass is 325 g/mol. The van der Waals surface area contributed by atoms with E-state index in [-0.39, 0.29) is 5.91 Å². The summed E-state index contributed by atoms with van der Waals surface area (Å²) in [5, 5.41) is 0. The summed E-state index contributed by atoms with van der Waals surface area (Å²) in [6.07, 6.45) is 4.00. The molecule has 1 amide bonds. The number of aromatic nitrogens is 1. The van der Waals surface area contributed by atoms with Gasteiger partial charge in [0, 0.05) is 25.4 Å². The second-order valence-electron chi connectivity index (χ2n) is 5.30. The number of pyridine rings is 1. The molecule has 19 heavy (non-hydrogen) atoms. The van der Waals surface area contributed by atoms with Crippen molar-refractivity contribution in [2.75, 3.05) is 33.7 Å². The summed E-state index contributed by atoms with van der Waals surface area (Å²) in [7, 11) is 4.04. The number of halogens is 1. The number of piperidine rings is 1. The van der Waals surface area contributed by atoms with Crippen molar-refractivity contribution in [2.24, 2.45) is 5.92 Å². The Kier molecular flexibility index (Phi) is 4.93. The predicted molar refractivity (Wildman–Crippen MR) is 79.1 cm³/mol. The first-order valence-corrected chi connectivity index (χ1v) is 7.41. The molecular formula is C14H20BrN3O. The molecule has 0 N–H and O–H groups in total. The maximum atomic E-state index is 12.3. The Morgan fingerprint density at radius 2 is 2.21 bits per heavy atom. The molecule has 1 saturated heterocycles. The fourth-order valence-electron chi connectivity index (χ4n) is 2.47. The number of carbonyl (C=O) groups excluding carboxylic acids is 1. The van der Waals surface area contributed by atoms with Crippen LogP contribution in [0.15, 0.2) is 22.9 Å². The molecule has 0 atom stereocenters. The predicted octanol–water partition coefficient (Wildman–Crippen LogP) is 2.26. The second-order valence-corrected chi connectivity index (χ2v) is 6.11. The van der Waals surface area contributed by atoms with Crippen molar-refractivity contribution in [3.05, 3.63) is 28.5 Å². The van der Waals surface area contributed by atoms with Crippen molar-refractivity contribution in [3.63, 3.8) is 0 Å². The molecule has 0 aromatic carbocycles. The van der Waals surface area contributed by atoms with Crippen LogP contribution >= 0.6 is 15.9 Å². The molecule has 1 aliphatic heterocycles. The van der Waals surface area contributed by atoms with Crippen LogP contribution < -0.4 is 0 Å². The van der Waals surface area contributed by atoms with E-state index < -0.39 is 0 Å². The van der Waals surface area contributed by atoms with Gasteiger partial charge in [-0.1, -0.05) is 0 Å². The molecule has 104 valence electrons. The van der Waals surface area contributed by atoms with Crippen LogP contribution in [0.5, 0.6) is 0 Å². The van der Waals surface area contributed by atoms with Crippen molar-refractivity contribution >= 4 is 21.8 Å². The van der Waals surface area contributed by atoms with E-state index in [2.05, 4.69) is 32.9 Å². The minimum absolute atomic E-state index is 0.0713. The lowest BCUT2D eigenvalue weighted by atomic mass is 9.96. The van der Waals surface area contributed by atoms with E-state index in [1.165, 1.54) is 12.8 Å². The first-order valence-electron chi connectivity index (χ1n) is 6.62. The molecule has 0 unspecified atom stereocenters. The van der Waals surface area contributed by atoms with E-state index in [0.717, 1.165) is 19.6 Å². The minimum atomic E-state index is 0.0713. The summed E-state index contributed by atoms with van der Waals surface area (Å²) in [5.74, 6) is 0.692. The molecule has 1 aliphatic rings. The summed E-state index contributed by atoms with van der Waals surface area (Å²) in [4.78, 5) is 20.5. The number of likely N-dealkylation sites (tertiary alicyclic amines) is 1. The molecule has 0 saturated carbocycles. The van der Waals surface area contributed by atoms with Gasteiger partial charge in [0.25, 0.3) is 5.91 Å². The zero-order valence-electron chi connectivity index (χ0n) is 11.5. The highest BCUT2D eigenvalue weighted by Crippen LogP contribution is 2.18. The summed E-state index contributed by atoms with van der Waals surface area (Å²) in [6.45, 7) is 3.10. The Hall–Kier alpha value is -0.940. The first kappa shape index (κ1) is 14.5. The summed E-state index contributed by atoms with van der Waals surface area (Å²) in [5.41, 5.74) is 0.692. The summed E-state index contributed by atoms with van der Waals surface area (Å²) < 4.78 is 0.700. The van der Waals surface area contributed by atoms with E-state index in [4.69, 9.17) is 0 Å². The highest BCUT2D eigenvalue weighted by atomic mass is 79.9. The molecular weight excluding hydrogens is 306 g/mol. The molecule has 5 heteroatoms. The number of rotatable bonds is 3. The normalized spacial score (nSPS) is 17.4. The Morgan fingerprint density at radius 1 is 1.53 bits per heavy atom. The van der Waals surface area contributed by atoms with Crippen LogP contribution in [-0.2, 0) is 0 Å². The molecule has 1 fully saturated rings. The van der Waals surface area contributed by atoms with Gasteiger partial charge in [0.1, 0.15) is 4.60 Å². The first-order chi connectivity index (χ1) is 9.06.